The average molecular weight is 364 g/mol. The van der Waals surface area contributed by atoms with Crippen LogP contribution in [0.1, 0.15) is 30.6 Å². The van der Waals surface area contributed by atoms with Crippen LogP contribution >= 0.6 is 11.8 Å². The summed E-state index contributed by atoms with van der Waals surface area (Å²) < 4.78 is 8.14. The van der Waals surface area contributed by atoms with E-state index in [2.05, 4.69) is 47.7 Å². The third-order valence-electron chi connectivity index (χ3n) is 4.27. The molecule has 0 aliphatic rings. The van der Waals surface area contributed by atoms with E-state index < -0.39 is 0 Å². The Bertz CT molecular complexity index is 1050. The molecule has 0 amide bonds. The number of para-hydroxylation sites is 2. The predicted octanol–water partition coefficient (Wildman–Crippen LogP) is 5.27. The van der Waals surface area contributed by atoms with Crippen molar-refractivity contribution in [2.24, 2.45) is 0 Å². The summed E-state index contributed by atoms with van der Waals surface area (Å²) in [5.74, 6) is 1.17. The molecule has 26 heavy (non-hydrogen) atoms. The highest BCUT2D eigenvalue weighted by Crippen LogP contribution is 2.36. The van der Waals surface area contributed by atoms with Gasteiger partial charge in [-0.2, -0.15) is 0 Å². The van der Waals surface area contributed by atoms with Gasteiger partial charge in [-0.15, -0.1) is 10.2 Å². The zero-order valence-corrected chi connectivity index (χ0v) is 15.8. The summed E-state index contributed by atoms with van der Waals surface area (Å²) in [6.07, 6.45) is 0. The molecule has 0 saturated carbocycles. The Morgan fingerprint density at radius 3 is 2.77 bits per heavy atom. The van der Waals surface area contributed by atoms with Crippen molar-refractivity contribution in [3.63, 3.8) is 0 Å². The maximum absolute atomic E-state index is 5.93. The van der Waals surface area contributed by atoms with Crippen LogP contribution in [0.15, 0.2) is 58.1 Å². The maximum Gasteiger partial charge on any atom is 0.247 e. The van der Waals surface area contributed by atoms with Gasteiger partial charge in [0.25, 0.3) is 0 Å². The monoisotopic (exact) mass is 364 g/mol. The third-order valence-corrected chi connectivity index (χ3v) is 5.35. The maximum atomic E-state index is 5.93. The van der Waals surface area contributed by atoms with E-state index in [-0.39, 0.29) is 5.25 Å². The molecule has 2 heterocycles. The number of aryl methyl sites for hydroxylation is 2. The van der Waals surface area contributed by atoms with Crippen LogP contribution in [0.25, 0.3) is 22.5 Å². The fraction of sp³-hybridized carbons (Fsp3) is 0.250. The van der Waals surface area contributed by atoms with Crippen LogP contribution in [0.2, 0.25) is 0 Å². The highest BCUT2D eigenvalue weighted by molar-refractivity contribution is 7.99. The Morgan fingerprint density at radius 1 is 1.12 bits per heavy atom. The molecule has 6 heteroatoms. The first-order valence-corrected chi connectivity index (χ1v) is 9.56. The topological polar surface area (TPSA) is 56.7 Å². The third kappa shape index (κ3) is 3.12. The molecule has 2 aromatic carbocycles. The average Bonchev–Trinajstić information content (AvgIpc) is 3.26. The summed E-state index contributed by atoms with van der Waals surface area (Å²) in [5.41, 5.74) is 4.27. The smallest absolute Gasteiger partial charge is 0.247 e. The number of hydrogen-bond acceptors (Lipinski definition) is 5. The summed E-state index contributed by atoms with van der Waals surface area (Å²) in [6.45, 7) is 7.12. The van der Waals surface area contributed by atoms with Gasteiger partial charge in [0.05, 0.1) is 16.3 Å². The lowest BCUT2D eigenvalue weighted by atomic mass is 10.1. The molecule has 132 valence electrons. The zero-order chi connectivity index (χ0) is 18.1. The number of aromatic nitrogens is 4. The van der Waals surface area contributed by atoms with Gasteiger partial charge in [-0.1, -0.05) is 41.6 Å². The van der Waals surface area contributed by atoms with E-state index in [0.29, 0.717) is 11.8 Å². The lowest BCUT2D eigenvalue weighted by molar-refractivity contribution is 0.508. The number of rotatable bonds is 5. The zero-order valence-electron chi connectivity index (χ0n) is 15.0. The van der Waals surface area contributed by atoms with Crippen LogP contribution in [0.5, 0.6) is 0 Å². The first kappa shape index (κ1) is 16.8. The highest BCUT2D eigenvalue weighted by Gasteiger charge is 2.20. The summed E-state index contributed by atoms with van der Waals surface area (Å²) in [7, 11) is 0. The molecule has 1 atom stereocenters. The van der Waals surface area contributed by atoms with Crippen molar-refractivity contribution >= 4 is 22.8 Å². The molecule has 0 spiro atoms. The Hall–Kier alpha value is -2.60. The van der Waals surface area contributed by atoms with Crippen molar-refractivity contribution in [3.05, 3.63) is 60.0 Å². The molecule has 4 aromatic rings. The molecule has 5 nitrogen and oxygen atoms in total. The van der Waals surface area contributed by atoms with Crippen LogP contribution in [-0.2, 0) is 6.54 Å². The minimum absolute atomic E-state index is 0.0168. The van der Waals surface area contributed by atoms with E-state index in [4.69, 9.17) is 9.40 Å². The molecule has 0 bridgehead atoms. The van der Waals surface area contributed by atoms with E-state index in [1.807, 2.05) is 36.4 Å². The van der Waals surface area contributed by atoms with Crippen LogP contribution < -0.4 is 0 Å². The molecule has 0 radical (unpaired) electrons. The largest absolute Gasteiger partial charge is 0.419 e. The fourth-order valence-electron chi connectivity index (χ4n) is 2.95. The Kier molecular flexibility index (Phi) is 4.51. The van der Waals surface area contributed by atoms with E-state index >= 15 is 0 Å². The van der Waals surface area contributed by atoms with Gasteiger partial charge < -0.3 is 8.98 Å². The Balaban J connectivity index is 1.60. The van der Waals surface area contributed by atoms with Gasteiger partial charge in [-0.05, 0) is 45.0 Å². The van der Waals surface area contributed by atoms with Crippen molar-refractivity contribution < 1.29 is 4.42 Å². The second-order valence-corrected chi connectivity index (χ2v) is 7.51. The first-order chi connectivity index (χ1) is 12.7. The standard InChI is InChI=1S/C20H20N4OS/c1-4-24-17-11-6-5-10-16(17)21-20(24)26-14(3)18-22-23-19(25-18)15-9-7-8-13(2)12-15/h5-12,14H,4H2,1-3H3. The molecule has 2 aromatic heterocycles. The van der Waals surface area contributed by atoms with Gasteiger partial charge >= 0.3 is 0 Å². The lowest BCUT2D eigenvalue weighted by Gasteiger charge is -2.08. The van der Waals surface area contributed by atoms with E-state index in [1.165, 1.54) is 5.56 Å². The summed E-state index contributed by atoms with van der Waals surface area (Å²) in [6, 6.07) is 16.3. The Labute approximate surface area is 156 Å². The fourth-order valence-corrected chi connectivity index (χ4v) is 3.97. The predicted molar refractivity (Wildman–Crippen MR) is 104 cm³/mol. The normalized spacial score (nSPS) is 12.6. The summed E-state index contributed by atoms with van der Waals surface area (Å²) >= 11 is 1.64. The number of imidazole rings is 1. The van der Waals surface area contributed by atoms with Gasteiger partial charge in [-0.25, -0.2) is 4.98 Å². The second-order valence-electron chi connectivity index (χ2n) is 6.20. The molecule has 1 unspecified atom stereocenters. The SMILES string of the molecule is CCn1c(SC(C)c2nnc(-c3cccc(C)c3)o2)nc2ccccc21. The number of hydrogen-bond donors (Lipinski definition) is 0. The molecule has 0 aliphatic heterocycles. The van der Waals surface area contributed by atoms with Gasteiger partial charge in [-0.3, -0.25) is 0 Å². The molecular weight excluding hydrogens is 344 g/mol. The molecule has 4 rings (SSSR count). The molecule has 0 fully saturated rings. The van der Waals surface area contributed by atoms with Gasteiger partial charge in [0.2, 0.25) is 11.8 Å². The van der Waals surface area contributed by atoms with E-state index in [9.17, 15) is 0 Å². The highest BCUT2D eigenvalue weighted by atomic mass is 32.2. The van der Waals surface area contributed by atoms with Crippen molar-refractivity contribution in [1.29, 1.82) is 0 Å². The second kappa shape index (κ2) is 6.96. The summed E-state index contributed by atoms with van der Waals surface area (Å²) in [5, 5.41) is 9.46. The molecular formula is C20H20N4OS. The molecule has 0 N–H and O–H groups in total. The van der Waals surface area contributed by atoms with Crippen LogP contribution in [0.4, 0.5) is 0 Å². The number of benzene rings is 2. The number of thioether (sulfide) groups is 1. The lowest BCUT2D eigenvalue weighted by Crippen LogP contribution is -1.98. The van der Waals surface area contributed by atoms with Crippen molar-refractivity contribution in [2.75, 3.05) is 0 Å². The van der Waals surface area contributed by atoms with Crippen LogP contribution in [0, 0.1) is 6.92 Å². The van der Waals surface area contributed by atoms with Crippen LogP contribution in [0.3, 0.4) is 0 Å². The van der Waals surface area contributed by atoms with E-state index in [1.54, 1.807) is 11.8 Å². The number of nitrogens with zero attached hydrogens (tertiary/aromatic N) is 4. The molecule has 0 aliphatic carbocycles. The first-order valence-electron chi connectivity index (χ1n) is 8.68. The Morgan fingerprint density at radius 2 is 1.96 bits per heavy atom. The van der Waals surface area contributed by atoms with E-state index in [0.717, 1.165) is 28.3 Å². The van der Waals surface area contributed by atoms with Gasteiger partial charge in [0.15, 0.2) is 5.16 Å². The van der Waals surface area contributed by atoms with Crippen LogP contribution in [-0.4, -0.2) is 19.7 Å². The minimum atomic E-state index is 0.0168. The number of fused-ring (bicyclic) bond motifs is 1. The van der Waals surface area contributed by atoms with Crippen molar-refractivity contribution in [3.8, 4) is 11.5 Å². The quantitative estimate of drug-likeness (QED) is 0.452. The summed E-state index contributed by atoms with van der Waals surface area (Å²) in [4.78, 5) is 4.76. The van der Waals surface area contributed by atoms with Crippen molar-refractivity contribution in [2.45, 2.75) is 37.7 Å². The molecule has 0 saturated heterocycles. The van der Waals surface area contributed by atoms with Gasteiger partial charge in [0.1, 0.15) is 0 Å². The van der Waals surface area contributed by atoms with Gasteiger partial charge in [0, 0.05) is 12.1 Å². The minimum Gasteiger partial charge on any atom is -0.419 e. The van der Waals surface area contributed by atoms with Crippen molar-refractivity contribution in [1.82, 2.24) is 19.7 Å².